The monoisotopic (exact) mass is 410 g/mol. The van der Waals surface area contributed by atoms with Gasteiger partial charge in [-0.15, -0.1) is 0 Å². The first-order valence-electron chi connectivity index (χ1n) is 8.33. The van der Waals surface area contributed by atoms with E-state index in [0.29, 0.717) is 0 Å². The summed E-state index contributed by atoms with van der Waals surface area (Å²) < 4.78 is 0. The topological polar surface area (TPSA) is 80.9 Å². The molecule has 2 radical (unpaired) electrons. The van der Waals surface area contributed by atoms with E-state index in [1.54, 1.807) is 0 Å². The van der Waals surface area contributed by atoms with Gasteiger partial charge in [-0.25, -0.2) is 0 Å². The summed E-state index contributed by atoms with van der Waals surface area (Å²) in [7, 11) is 0. The van der Waals surface area contributed by atoms with Gasteiger partial charge in [0, 0.05) is 0 Å². The zero-order valence-electron chi connectivity index (χ0n) is 13.7. The Bertz CT molecular complexity index is 186. The SMILES string of the molecule is OC1CCCCCC1O.OC1CCCCCC1O.[CH3][Sn][CH3]. The molecule has 2 aliphatic rings. The predicted molar refractivity (Wildman–Crippen MR) is 87.7 cm³/mol. The molecule has 4 unspecified atom stereocenters. The molecule has 5 heteroatoms. The molecule has 0 aromatic heterocycles. The van der Waals surface area contributed by atoms with Crippen molar-refractivity contribution < 1.29 is 20.4 Å². The van der Waals surface area contributed by atoms with Crippen molar-refractivity contribution in [3.05, 3.63) is 0 Å². The van der Waals surface area contributed by atoms with Gasteiger partial charge in [0.1, 0.15) is 0 Å². The quantitative estimate of drug-likeness (QED) is 0.365. The third-order valence-corrected chi connectivity index (χ3v) is 3.89. The van der Waals surface area contributed by atoms with E-state index in [1.807, 2.05) is 0 Å². The molecule has 4 atom stereocenters. The molecular formula is C16H34O4Sn. The Morgan fingerprint density at radius 3 is 0.905 bits per heavy atom. The number of aliphatic hydroxyl groups is 4. The molecule has 0 aliphatic heterocycles. The van der Waals surface area contributed by atoms with Crippen LogP contribution >= 0.6 is 0 Å². The molecule has 2 fully saturated rings. The summed E-state index contributed by atoms with van der Waals surface area (Å²) in [4.78, 5) is 4.59. The molecule has 2 rings (SSSR count). The fourth-order valence-electron chi connectivity index (χ4n) is 2.54. The maximum atomic E-state index is 9.11. The first-order valence-corrected chi connectivity index (χ1v) is 14.0. The normalized spacial score (nSPS) is 33.4. The molecule has 21 heavy (non-hydrogen) atoms. The van der Waals surface area contributed by atoms with Gasteiger partial charge in [0.15, 0.2) is 0 Å². The van der Waals surface area contributed by atoms with Crippen LogP contribution < -0.4 is 0 Å². The molecule has 0 amide bonds. The summed E-state index contributed by atoms with van der Waals surface area (Å²) in [5.41, 5.74) is 0. The fourth-order valence-corrected chi connectivity index (χ4v) is 2.54. The van der Waals surface area contributed by atoms with Crippen LogP contribution in [0.1, 0.15) is 64.2 Å². The summed E-state index contributed by atoms with van der Waals surface area (Å²) in [6.07, 6.45) is 7.90. The zero-order valence-corrected chi connectivity index (χ0v) is 16.5. The zero-order chi connectivity index (χ0) is 16.1. The average Bonchev–Trinajstić information content (AvgIpc) is 2.75. The Balaban J connectivity index is 0.000000322. The molecule has 126 valence electrons. The second kappa shape index (κ2) is 14.2. The summed E-state index contributed by atoms with van der Waals surface area (Å²) in [6.45, 7) is 0. The summed E-state index contributed by atoms with van der Waals surface area (Å²) in [6, 6.07) is 0. The number of rotatable bonds is 0. The summed E-state index contributed by atoms with van der Waals surface area (Å²) in [5.74, 6) is 0. The molecule has 0 bridgehead atoms. The van der Waals surface area contributed by atoms with Crippen molar-refractivity contribution >= 4 is 21.1 Å². The van der Waals surface area contributed by atoms with Gasteiger partial charge in [-0.05, 0) is 25.7 Å². The Labute approximate surface area is 140 Å². The second-order valence-electron chi connectivity index (χ2n) is 6.05. The maximum absolute atomic E-state index is 9.11. The van der Waals surface area contributed by atoms with E-state index in [-0.39, 0.29) is 21.1 Å². The van der Waals surface area contributed by atoms with Gasteiger partial charge in [-0.3, -0.25) is 0 Å². The van der Waals surface area contributed by atoms with E-state index in [2.05, 4.69) is 9.88 Å². The molecule has 0 aromatic carbocycles. The van der Waals surface area contributed by atoms with Crippen LogP contribution in [0, 0.1) is 0 Å². The van der Waals surface area contributed by atoms with Crippen molar-refractivity contribution in [2.45, 2.75) is 98.5 Å². The fraction of sp³-hybridized carbons (Fsp3) is 1.00. The van der Waals surface area contributed by atoms with E-state index in [0.717, 1.165) is 64.2 Å². The van der Waals surface area contributed by atoms with Crippen molar-refractivity contribution in [3.8, 4) is 0 Å². The third kappa shape index (κ3) is 11.8. The standard InChI is InChI=1S/2C7H14O2.2CH3.Sn/c2*8-6-4-2-1-3-5-7(6)9;;;/h2*6-9H,1-5H2;2*1H3;. The van der Waals surface area contributed by atoms with E-state index in [9.17, 15) is 0 Å². The van der Waals surface area contributed by atoms with Crippen molar-refractivity contribution in [1.29, 1.82) is 0 Å². The van der Waals surface area contributed by atoms with E-state index in [1.165, 1.54) is 0 Å². The van der Waals surface area contributed by atoms with Gasteiger partial charge < -0.3 is 20.4 Å². The first-order chi connectivity index (χ1) is 10.0. The number of hydrogen-bond donors (Lipinski definition) is 4. The van der Waals surface area contributed by atoms with Crippen molar-refractivity contribution in [2.24, 2.45) is 0 Å². The van der Waals surface area contributed by atoms with Crippen molar-refractivity contribution in [1.82, 2.24) is 0 Å². The molecular weight excluding hydrogens is 375 g/mol. The van der Waals surface area contributed by atoms with Crippen molar-refractivity contribution in [3.63, 3.8) is 0 Å². The Kier molecular flexibility index (Phi) is 14.7. The van der Waals surface area contributed by atoms with Gasteiger partial charge in [0.25, 0.3) is 0 Å². The molecule has 0 spiro atoms. The Hall–Kier alpha value is 0.639. The predicted octanol–water partition coefficient (Wildman–Crippen LogP) is 2.13. The minimum atomic E-state index is -0.451. The number of hydrogen-bond acceptors (Lipinski definition) is 4. The van der Waals surface area contributed by atoms with Gasteiger partial charge >= 0.3 is 31.0 Å². The van der Waals surface area contributed by atoms with Crippen LogP contribution in [0.4, 0.5) is 0 Å². The van der Waals surface area contributed by atoms with Gasteiger partial charge in [0.2, 0.25) is 0 Å². The minimum absolute atomic E-state index is 0.230. The molecule has 4 nitrogen and oxygen atoms in total. The molecule has 0 heterocycles. The van der Waals surface area contributed by atoms with Gasteiger partial charge in [-0.1, -0.05) is 38.5 Å². The van der Waals surface area contributed by atoms with E-state index < -0.39 is 24.4 Å². The van der Waals surface area contributed by atoms with Crippen LogP contribution in [0.3, 0.4) is 0 Å². The van der Waals surface area contributed by atoms with Crippen LogP contribution in [0.15, 0.2) is 0 Å². The average molecular weight is 409 g/mol. The third-order valence-electron chi connectivity index (χ3n) is 3.89. The van der Waals surface area contributed by atoms with E-state index >= 15 is 0 Å². The molecule has 0 aromatic rings. The van der Waals surface area contributed by atoms with Gasteiger partial charge in [-0.2, -0.15) is 0 Å². The second-order valence-corrected chi connectivity index (χ2v) is 8.90. The van der Waals surface area contributed by atoms with E-state index in [4.69, 9.17) is 20.4 Å². The van der Waals surface area contributed by atoms with Crippen LogP contribution in [-0.4, -0.2) is 66.0 Å². The van der Waals surface area contributed by atoms with Gasteiger partial charge in [0.05, 0.1) is 24.4 Å². The molecule has 4 N–H and O–H groups in total. The number of aliphatic hydroxyl groups excluding tert-OH is 4. The molecule has 2 aliphatic carbocycles. The van der Waals surface area contributed by atoms with Crippen LogP contribution in [0.2, 0.25) is 9.88 Å². The van der Waals surface area contributed by atoms with Crippen molar-refractivity contribution in [2.75, 3.05) is 0 Å². The molecule has 0 saturated heterocycles. The van der Waals surface area contributed by atoms with Crippen LogP contribution in [-0.2, 0) is 0 Å². The molecule has 2 saturated carbocycles. The summed E-state index contributed by atoms with van der Waals surface area (Å²) in [5, 5.41) is 36.4. The van der Waals surface area contributed by atoms with Crippen LogP contribution in [0.25, 0.3) is 0 Å². The summed E-state index contributed by atoms with van der Waals surface area (Å²) >= 11 is 0.230. The Morgan fingerprint density at radius 2 is 0.714 bits per heavy atom. The first kappa shape index (κ1) is 21.6. The van der Waals surface area contributed by atoms with Crippen LogP contribution in [0.5, 0.6) is 0 Å². The Morgan fingerprint density at radius 1 is 0.524 bits per heavy atom.